The standard InChI is InChI=1S/C62H103N2O7P/c1-7-10-13-16-19-22-25-28-30-32-34-36-39-42-45-48-51-54-61(65)63-59(58-70-72(67,68)69-57-56-64(4,5)6)60(53-50-47-44-41-38-27-24-21-18-15-12-9-3)71-62(66)55-52-49-46-43-40-37-35-33-31-29-26-23-20-17-14-11-8-2/h11,14,17,19-20,22-23,26,28-31,33-37,40,42,45,50,53,59-60H,7-10,12-13,15-16,18,21,24-25,27,32,38-39,41,43-44,46-49,51-52,54-58H2,1-6H3,(H-,63,65,67,68)/p+1/b14-11-,20-17+,22-19-,26-23+,30-28-,31-29-,35-33+,36-34-,40-37+,45-42-,53-50+. The monoisotopic (exact) mass is 1020 g/mol. The fourth-order valence-electron chi connectivity index (χ4n) is 7.14. The van der Waals surface area contributed by atoms with Crippen molar-refractivity contribution in [2.45, 2.75) is 206 Å². The molecule has 0 saturated carbocycles. The zero-order chi connectivity index (χ0) is 52.9. The Morgan fingerprint density at radius 2 is 0.958 bits per heavy atom. The van der Waals surface area contributed by atoms with E-state index in [4.69, 9.17) is 13.8 Å². The molecule has 3 atom stereocenters. The molecule has 408 valence electrons. The summed E-state index contributed by atoms with van der Waals surface area (Å²) < 4.78 is 30.5. The molecule has 0 radical (unpaired) electrons. The molecule has 0 aromatic carbocycles. The molecule has 0 aliphatic rings. The van der Waals surface area contributed by atoms with Gasteiger partial charge in [-0.2, -0.15) is 0 Å². The first-order chi connectivity index (χ1) is 34.9. The van der Waals surface area contributed by atoms with Gasteiger partial charge in [0.15, 0.2) is 0 Å². The quantitative estimate of drug-likeness (QED) is 0.0156. The van der Waals surface area contributed by atoms with E-state index >= 15 is 0 Å². The van der Waals surface area contributed by atoms with Crippen LogP contribution in [0.1, 0.15) is 194 Å². The molecule has 9 nitrogen and oxygen atoms in total. The minimum atomic E-state index is -4.48. The maximum atomic E-state index is 13.5. The normalized spacial score (nSPS) is 14.8. The van der Waals surface area contributed by atoms with Crippen molar-refractivity contribution in [1.29, 1.82) is 0 Å². The van der Waals surface area contributed by atoms with Crippen LogP contribution >= 0.6 is 7.82 Å². The Bertz CT molecular complexity index is 1690. The van der Waals surface area contributed by atoms with Gasteiger partial charge in [-0.25, -0.2) is 4.57 Å². The van der Waals surface area contributed by atoms with Crippen molar-refractivity contribution in [1.82, 2.24) is 5.32 Å². The van der Waals surface area contributed by atoms with Crippen LogP contribution in [0.25, 0.3) is 0 Å². The average Bonchev–Trinajstić information content (AvgIpc) is 3.34. The molecule has 3 unspecified atom stereocenters. The summed E-state index contributed by atoms with van der Waals surface area (Å²) >= 11 is 0. The van der Waals surface area contributed by atoms with Gasteiger partial charge in [0.25, 0.3) is 0 Å². The number of phosphoric ester groups is 1. The smallest absolute Gasteiger partial charge is 0.456 e. The van der Waals surface area contributed by atoms with Crippen LogP contribution in [0.3, 0.4) is 0 Å². The molecule has 0 fully saturated rings. The van der Waals surface area contributed by atoms with Gasteiger partial charge in [-0.3, -0.25) is 18.6 Å². The Balaban J connectivity index is 5.58. The number of carbonyl (C=O) groups is 2. The van der Waals surface area contributed by atoms with E-state index in [9.17, 15) is 19.0 Å². The van der Waals surface area contributed by atoms with E-state index in [0.29, 0.717) is 23.9 Å². The molecule has 0 spiro atoms. The summed E-state index contributed by atoms with van der Waals surface area (Å²) in [4.78, 5) is 37.5. The minimum absolute atomic E-state index is 0.0145. The number of hydrogen-bond donors (Lipinski definition) is 2. The number of hydrogen-bond acceptors (Lipinski definition) is 6. The summed E-state index contributed by atoms with van der Waals surface area (Å²) in [5.74, 6) is -0.636. The first-order valence-corrected chi connectivity index (χ1v) is 29.6. The Kier molecular flexibility index (Phi) is 48.0. The van der Waals surface area contributed by atoms with E-state index in [2.05, 4.69) is 86.8 Å². The number of amides is 1. The van der Waals surface area contributed by atoms with E-state index in [0.717, 1.165) is 70.6 Å². The fraction of sp³-hybridized carbons (Fsp3) is 0.613. The van der Waals surface area contributed by atoms with Gasteiger partial charge < -0.3 is 19.4 Å². The highest BCUT2D eigenvalue weighted by molar-refractivity contribution is 7.47. The summed E-state index contributed by atoms with van der Waals surface area (Å²) in [6, 6.07) is -0.904. The molecule has 0 aliphatic heterocycles. The van der Waals surface area contributed by atoms with Crippen molar-refractivity contribution >= 4 is 19.7 Å². The Hall–Kier alpha value is -3.85. The van der Waals surface area contributed by atoms with Gasteiger partial charge in [0.1, 0.15) is 19.3 Å². The van der Waals surface area contributed by atoms with E-state index in [-0.39, 0.29) is 37.9 Å². The lowest BCUT2D eigenvalue weighted by Crippen LogP contribution is -2.47. The van der Waals surface area contributed by atoms with Crippen LogP contribution in [0.5, 0.6) is 0 Å². The molecule has 0 rings (SSSR count). The number of nitrogens with one attached hydrogen (secondary N) is 1. The zero-order valence-electron chi connectivity index (χ0n) is 46.4. The van der Waals surface area contributed by atoms with Gasteiger partial charge in [-0.1, -0.05) is 225 Å². The molecular formula is C62H104N2O7P+. The number of unbranched alkanes of at least 4 members (excludes halogenated alkanes) is 17. The fourth-order valence-corrected chi connectivity index (χ4v) is 7.87. The number of rotatable bonds is 48. The molecule has 0 aromatic heterocycles. The number of quaternary nitrogens is 1. The Morgan fingerprint density at radius 3 is 1.51 bits per heavy atom. The molecule has 0 aliphatic carbocycles. The number of carbonyl (C=O) groups excluding carboxylic acids is 2. The molecule has 10 heteroatoms. The predicted octanol–water partition coefficient (Wildman–Crippen LogP) is 16.9. The van der Waals surface area contributed by atoms with E-state index in [1.807, 2.05) is 94.1 Å². The minimum Gasteiger partial charge on any atom is -0.456 e. The van der Waals surface area contributed by atoms with E-state index in [1.165, 1.54) is 77.0 Å². The highest BCUT2D eigenvalue weighted by Gasteiger charge is 2.30. The molecule has 1 amide bonds. The van der Waals surface area contributed by atoms with Crippen LogP contribution in [0.2, 0.25) is 0 Å². The Labute approximate surface area is 441 Å². The lowest BCUT2D eigenvalue weighted by Gasteiger charge is -2.27. The summed E-state index contributed by atoms with van der Waals surface area (Å²) in [5.41, 5.74) is 0. The average molecular weight is 1020 g/mol. The number of nitrogens with zero attached hydrogens (tertiary/aromatic N) is 1. The van der Waals surface area contributed by atoms with Crippen molar-refractivity contribution in [2.75, 3.05) is 40.9 Å². The van der Waals surface area contributed by atoms with Gasteiger partial charge in [0.2, 0.25) is 5.91 Å². The third-order valence-electron chi connectivity index (χ3n) is 11.5. The molecule has 0 saturated heterocycles. The largest absolute Gasteiger partial charge is 0.472 e. The van der Waals surface area contributed by atoms with Gasteiger partial charge >= 0.3 is 13.8 Å². The predicted molar refractivity (Wildman–Crippen MR) is 309 cm³/mol. The highest BCUT2D eigenvalue weighted by Crippen LogP contribution is 2.43. The Morgan fingerprint density at radius 1 is 0.514 bits per heavy atom. The highest BCUT2D eigenvalue weighted by atomic mass is 31.2. The molecule has 72 heavy (non-hydrogen) atoms. The maximum Gasteiger partial charge on any atom is 0.472 e. The molecule has 0 heterocycles. The van der Waals surface area contributed by atoms with Gasteiger partial charge in [-0.15, -0.1) is 0 Å². The lowest BCUT2D eigenvalue weighted by molar-refractivity contribution is -0.870. The summed E-state index contributed by atoms with van der Waals surface area (Å²) in [5, 5.41) is 2.99. The van der Waals surface area contributed by atoms with Crippen LogP contribution in [0.4, 0.5) is 0 Å². The van der Waals surface area contributed by atoms with Crippen molar-refractivity contribution < 1.29 is 37.3 Å². The second-order valence-corrected chi connectivity index (χ2v) is 21.0. The second-order valence-electron chi connectivity index (χ2n) is 19.5. The van der Waals surface area contributed by atoms with Crippen molar-refractivity contribution in [3.8, 4) is 0 Å². The van der Waals surface area contributed by atoms with Gasteiger partial charge in [-0.05, 0) is 89.5 Å². The first kappa shape index (κ1) is 68.2. The van der Waals surface area contributed by atoms with Crippen molar-refractivity contribution in [2.24, 2.45) is 0 Å². The summed E-state index contributed by atoms with van der Waals surface area (Å²) in [7, 11) is 1.41. The lowest BCUT2D eigenvalue weighted by atomic mass is 10.1. The van der Waals surface area contributed by atoms with Crippen LogP contribution in [-0.4, -0.2) is 74.3 Å². The van der Waals surface area contributed by atoms with Crippen LogP contribution in [0, 0.1) is 0 Å². The second kappa shape index (κ2) is 50.7. The van der Waals surface area contributed by atoms with Crippen LogP contribution < -0.4 is 5.32 Å². The van der Waals surface area contributed by atoms with E-state index in [1.54, 1.807) is 0 Å². The number of phosphoric acid groups is 1. The molecule has 2 N–H and O–H groups in total. The number of esters is 1. The number of ether oxygens (including phenoxy) is 1. The van der Waals surface area contributed by atoms with Gasteiger partial charge in [0, 0.05) is 12.8 Å². The maximum absolute atomic E-state index is 13.5. The van der Waals surface area contributed by atoms with Crippen LogP contribution in [-0.2, 0) is 27.9 Å². The summed E-state index contributed by atoms with van der Waals surface area (Å²) in [6.07, 6.45) is 71.7. The molecule has 0 aromatic rings. The van der Waals surface area contributed by atoms with E-state index < -0.39 is 20.0 Å². The third-order valence-corrected chi connectivity index (χ3v) is 12.5. The third kappa shape index (κ3) is 51.1. The van der Waals surface area contributed by atoms with Crippen molar-refractivity contribution in [3.63, 3.8) is 0 Å². The summed E-state index contributed by atoms with van der Waals surface area (Å²) in [6.45, 7) is 6.72. The van der Waals surface area contributed by atoms with Crippen LogP contribution in [0.15, 0.2) is 134 Å². The topological polar surface area (TPSA) is 111 Å². The molecular weight excluding hydrogens is 916 g/mol. The van der Waals surface area contributed by atoms with Gasteiger partial charge in [0.05, 0.1) is 33.8 Å². The number of likely N-dealkylation sites (N-methyl/N-ethyl adjacent to an activating group) is 1. The zero-order valence-corrected chi connectivity index (χ0v) is 47.3. The first-order valence-electron chi connectivity index (χ1n) is 28.1. The van der Waals surface area contributed by atoms with Crippen molar-refractivity contribution in [3.05, 3.63) is 134 Å². The number of allylic oxidation sites excluding steroid dienone is 21. The SMILES string of the molecule is CC\C=C/C=C/C=C/C=C\C=C\C=C\CCCCCC(=O)OC(/C=C/CCCCCCCCCCCC)C(COP(=O)(O)OCC[N+](C)(C)C)NC(=O)CCC/C=C\C/C=C\C/C=C\C/C=C\CCCCC. The molecule has 0 bridgehead atoms.